The molecule has 0 bridgehead atoms. The van der Waals surface area contributed by atoms with Gasteiger partial charge in [-0.3, -0.25) is 19.1 Å². The highest BCUT2D eigenvalue weighted by Crippen LogP contribution is 2.24. The van der Waals surface area contributed by atoms with E-state index in [4.69, 9.17) is 0 Å². The molecule has 5 rings (SSSR count). The number of benzene rings is 2. The molecule has 0 atom stereocenters. The highest BCUT2D eigenvalue weighted by atomic mass is 32.1. The van der Waals surface area contributed by atoms with Gasteiger partial charge in [0.25, 0.3) is 5.56 Å². The summed E-state index contributed by atoms with van der Waals surface area (Å²) >= 11 is 0.952. The number of halogens is 1. The first-order chi connectivity index (χ1) is 17.0. The van der Waals surface area contributed by atoms with Crippen molar-refractivity contribution in [3.8, 4) is 11.8 Å². The zero-order chi connectivity index (χ0) is 24.5. The van der Waals surface area contributed by atoms with Crippen molar-refractivity contribution in [1.82, 2.24) is 14.5 Å². The van der Waals surface area contributed by atoms with Gasteiger partial charge in [0.15, 0.2) is 0 Å². The minimum Gasteiger partial charge on any atom is -0.358 e. The van der Waals surface area contributed by atoms with Crippen LogP contribution in [0.15, 0.2) is 77.7 Å². The number of thiazole rings is 1. The van der Waals surface area contributed by atoms with E-state index in [-0.39, 0.29) is 20.5 Å². The van der Waals surface area contributed by atoms with Crippen LogP contribution >= 0.6 is 11.3 Å². The summed E-state index contributed by atoms with van der Waals surface area (Å²) in [5, 5.41) is 10.8. The molecule has 1 N–H and O–H groups in total. The van der Waals surface area contributed by atoms with Crippen LogP contribution in [0.3, 0.4) is 0 Å². The van der Waals surface area contributed by atoms with Crippen LogP contribution in [0.5, 0.6) is 0 Å². The Morgan fingerprint density at radius 2 is 1.86 bits per heavy atom. The van der Waals surface area contributed by atoms with Gasteiger partial charge in [0.05, 0.1) is 21.5 Å². The second kappa shape index (κ2) is 8.97. The van der Waals surface area contributed by atoms with Crippen LogP contribution in [0.4, 0.5) is 4.39 Å². The topological polar surface area (TPSA) is 91.5 Å². The number of H-pyrrole nitrogens is 1. The molecule has 0 radical (unpaired) electrons. The molecule has 3 heterocycles. The molecule has 6 nitrogen and oxygen atoms in total. The fraction of sp³-hybridized carbons (Fsp3) is 0.0370. The Labute approximate surface area is 202 Å². The second-order valence-corrected chi connectivity index (χ2v) is 8.78. The summed E-state index contributed by atoms with van der Waals surface area (Å²) < 4.78 is 16.2. The van der Waals surface area contributed by atoms with Crippen LogP contribution in [-0.4, -0.2) is 20.3 Å². The smallest absolute Gasteiger partial charge is 0.273 e. The SMILES string of the molecule is Cc1[nH]c2ccccc2c1C(=O)/C(C#N)=c1/s/c(=C\c2ccccn2)c(=O)n1-c1ccccc1F. The molecule has 3 aromatic heterocycles. The molecule has 0 saturated heterocycles. The van der Waals surface area contributed by atoms with Gasteiger partial charge in [-0.05, 0) is 43.3 Å². The summed E-state index contributed by atoms with van der Waals surface area (Å²) in [6.45, 7) is 1.75. The van der Waals surface area contributed by atoms with Crippen LogP contribution in [0.1, 0.15) is 21.7 Å². The second-order valence-electron chi connectivity index (χ2n) is 7.75. The number of nitrogens with zero attached hydrogens (tertiary/aromatic N) is 3. The van der Waals surface area contributed by atoms with Crippen molar-refractivity contribution in [2.75, 3.05) is 0 Å². The average Bonchev–Trinajstić information content (AvgIpc) is 3.36. The van der Waals surface area contributed by atoms with E-state index in [0.717, 1.165) is 21.4 Å². The van der Waals surface area contributed by atoms with Gasteiger partial charge in [0.1, 0.15) is 22.1 Å². The lowest BCUT2D eigenvalue weighted by atomic mass is 10.0. The number of aryl methyl sites for hydroxylation is 1. The maximum Gasteiger partial charge on any atom is 0.273 e. The third kappa shape index (κ3) is 3.88. The average molecular weight is 481 g/mol. The van der Waals surface area contributed by atoms with E-state index in [1.54, 1.807) is 55.6 Å². The predicted molar refractivity (Wildman–Crippen MR) is 133 cm³/mol. The Morgan fingerprint density at radius 1 is 1.11 bits per heavy atom. The normalized spacial score (nSPS) is 12.5. The van der Waals surface area contributed by atoms with E-state index in [1.807, 2.05) is 18.2 Å². The summed E-state index contributed by atoms with van der Waals surface area (Å²) in [6.07, 6.45) is 3.15. The largest absolute Gasteiger partial charge is 0.358 e. The third-order valence-corrected chi connectivity index (χ3v) is 6.65. The lowest BCUT2D eigenvalue weighted by Gasteiger charge is -2.05. The molecule has 2 aromatic carbocycles. The zero-order valence-electron chi connectivity index (χ0n) is 18.4. The van der Waals surface area contributed by atoms with Crippen molar-refractivity contribution in [3.05, 3.63) is 115 Å². The summed E-state index contributed by atoms with van der Waals surface area (Å²) in [7, 11) is 0. The first kappa shape index (κ1) is 22.2. The molecule has 0 spiro atoms. The van der Waals surface area contributed by atoms with Crippen LogP contribution in [0.2, 0.25) is 0 Å². The Hall–Kier alpha value is -4.61. The number of carbonyl (C=O) groups is 1. The molecular formula is C27H17FN4O2S. The lowest BCUT2D eigenvalue weighted by molar-refractivity contribution is 0.105. The van der Waals surface area contributed by atoms with Gasteiger partial charge in [-0.25, -0.2) is 4.39 Å². The van der Waals surface area contributed by atoms with Crippen molar-refractivity contribution in [2.24, 2.45) is 0 Å². The van der Waals surface area contributed by atoms with E-state index in [9.17, 15) is 19.2 Å². The maximum absolute atomic E-state index is 14.8. The van der Waals surface area contributed by atoms with E-state index in [1.165, 1.54) is 18.2 Å². The van der Waals surface area contributed by atoms with Gasteiger partial charge in [-0.1, -0.05) is 36.4 Å². The van der Waals surface area contributed by atoms with Gasteiger partial charge >= 0.3 is 0 Å². The number of nitriles is 1. The van der Waals surface area contributed by atoms with Crippen molar-refractivity contribution in [1.29, 1.82) is 5.26 Å². The number of nitrogens with one attached hydrogen (secondary N) is 1. The number of rotatable bonds is 4. The molecule has 170 valence electrons. The minimum atomic E-state index is -0.647. The number of aromatic amines is 1. The van der Waals surface area contributed by atoms with Gasteiger partial charge < -0.3 is 4.98 Å². The number of ketones is 1. The molecule has 0 amide bonds. The summed E-state index contributed by atoms with van der Waals surface area (Å²) in [5.74, 6) is -1.19. The third-order valence-electron chi connectivity index (χ3n) is 5.56. The Kier molecular flexibility index (Phi) is 5.69. The summed E-state index contributed by atoms with van der Waals surface area (Å²) in [4.78, 5) is 34.6. The molecule has 0 fully saturated rings. The molecule has 0 aliphatic heterocycles. The Bertz CT molecular complexity index is 1830. The number of Topliss-reactive ketones (excluding diaryl/α,β-unsaturated/α-hetero) is 1. The molecule has 0 aliphatic rings. The number of carbonyl (C=O) groups excluding carboxylic acids is 1. The molecule has 0 unspecified atom stereocenters. The van der Waals surface area contributed by atoms with Crippen molar-refractivity contribution in [2.45, 2.75) is 6.92 Å². The van der Waals surface area contributed by atoms with Crippen molar-refractivity contribution < 1.29 is 9.18 Å². The van der Waals surface area contributed by atoms with E-state index in [0.29, 0.717) is 22.3 Å². The molecule has 35 heavy (non-hydrogen) atoms. The predicted octanol–water partition coefficient (Wildman–Crippen LogP) is 3.61. The molecular weight excluding hydrogens is 463 g/mol. The molecule has 0 aliphatic carbocycles. The number of fused-ring (bicyclic) bond motifs is 1. The van der Waals surface area contributed by atoms with Crippen LogP contribution in [0.25, 0.3) is 28.2 Å². The van der Waals surface area contributed by atoms with Crippen LogP contribution in [-0.2, 0) is 0 Å². The fourth-order valence-electron chi connectivity index (χ4n) is 3.99. The molecule has 0 saturated carbocycles. The highest BCUT2D eigenvalue weighted by Gasteiger charge is 2.23. The Balaban J connectivity index is 1.87. The highest BCUT2D eigenvalue weighted by molar-refractivity contribution is 7.07. The summed E-state index contributed by atoms with van der Waals surface area (Å²) in [5.41, 5.74) is 1.39. The lowest BCUT2D eigenvalue weighted by Crippen LogP contribution is -2.32. The summed E-state index contributed by atoms with van der Waals surface area (Å²) in [6, 6.07) is 20.3. The van der Waals surface area contributed by atoms with Crippen molar-refractivity contribution >= 4 is 39.7 Å². The van der Waals surface area contributed by atoms with Gasteiger partial charge in [0.2, 0.25) is 5.78 Å². The van der Waals surface area contributed by atoms with E-state index >= 15 is 0 Å². The minimum absolute atomic E-state index is 0.0411. The fourth-order valence-corrected chi connectivity index (χ4v) is 5.07. The first-order valence-corrected chi connectivity index (χ1v) is 11.5. The Morgan fingerprint density at radius 3 is 2.60 bits per heavy atom. The van der Waals surface area contributed by atoms with Crippen molar-refractivity contribution in [3.63, 3.8) is 0 Å². The maximum atomic E-state index is 14.8. The van der Waals surface area contributed by atoms with Gasteiger partial charge in [-0.15, -0.1) is 11.3 Å². The first-order valence-electron chi connectivity index (χ1n) is 10.7. The quantitative estimate of drug-likeness (QED) is 0.398. The number of aromatic nitrogens is 3. The van der Waals surface area contributed by atoms with Gasteiger partial charge in [0, 0.05) is 22.8 Å². The molecule has 8 heteroatoms. The number of pyridine rings is 1. The monoisotopic (exact) mass is 480 g/mol. The van der Waals surface area contributed by atoms with Crippen LogP contribution < -0.4 is 14.8 Å². The number of hydrogen-bond acceptors (Lipinski definition) is 5. The number of hydrogen-bond donors (Lipinski definition) is 1. The van der Waals surface area contributed by atoms with Crippen LogP contribution in [0, 0.1) is 24.1 Å². The number of para-hydroxylation sites is 2. The van der Waals surface area contributed by atoms with E-state index in [2.05, 4.69) is 9.97 Å². The molecule has 5 aromatic rings. The standard InChI is InChI=1S/C27H17FN4O2S/c1-16-24(18-9-2-4-11-21(18)31-16)25(33)19(15-29)27-32(22-12-5-3-10-20(22)28)26(34)23(35-27)14-17-8-6-7-13-30-17/h2-14,31H,1H3/b23-14-,27-19+. The van der Waals surface area contributed by atoms with E-state index < -0.39 is 17.2 Å². The zero-order valence-corrected chi connectivity index (χ0v) is 19.3. The van der Waals surface area contributed by atoms with Gasteiger partial charge in [-0.2, -0.15) is 5.26 Å².